The zero-order valence-electron chi connectivity index (χ0n) is 8.99. The molecule has 0 aromatic carbocycles. The summed E-state index contributed by atoms with van der Waals surface area (Å²) in [6, 6.07) is 1.95. The number of nitrogens with zero attached hydrogens (tertiary/aromatic N) is 3. The number of hydrogen-bond acceptors (Lipinski definition) is 5. The molecule has 2 heterocycles. The van der Waals surface area contributed by atoms with Crippen LogP contribution >= 0.6 is 15.9 Å². The molecule has 16 heavy (non-hydrogen) atoms. The Kier molecular flexibility index (Phi) is 3.19. The van der Waals surface area contributed by atoms with Gasteiger partial charge >= 0.3 is 0 Å². The minimum atomic E-state index is 0.481. The highest BCUT2D eigenvalue weighted by atomic mass is 79.9. The number of pyridine rings is 1. The Hall–Kier alpha value is -1.43. The zero-order chi connectivity index (χ0) is 11.5. The molecule has 0 atom stereocenters. The second-order valence-electron chi connectivity index (χ2n) is 3.41. The molecule has 2 rings (SSSR count). The predicted molar refractivity (Wildman–Crippen MR) is 63.0 cm³/mol. The van der Waals surface area contributed by atoms with Gasteiger partial charge in [-0.3, -0.25) is 0 Å². The van der Waals surface area contributed by atoms with Crippen molar-refractivity contribution in [1.82, 2.24) is 15.1 Å². The standard InChI is InChI=1S/C10H11BrN4O/c1-6-3-9(12-4-8(6)11)13-5-10-14-7(2)15-16-10/h3-4H,5H2,1-2H3,(H,12,13). The molecule has 0 spiro atoms. The summed E-state index contributed by atoms with van der Waals surface area (Å²) in [6.07, 6.45) is 1.76. The van der Waals surface area contributed by atoms with Gasteiger partial charge in [0.2, 0.25) is 5.89 Å². The average molecular weight is 283 g/mol. The van der Waals surface area contributed by atoms with Crippen molar-refractivity contribution in [3.8, 4) is 0 Å². The lowest BCUT2D eigenvalue weighted by Gasteiger charge is -2.04. The fourth-order valence-corrected chi connectivity index (χ4v) is 1.43. The molecule has 0 saturated heterocycles. The lowest BCUT2D eigenvalue weighted by Crippen LogP contribution is -2.02. The monoisotopic (exact) mass is 282 g/mol. The van der Waals surface area contributed by atoms with Crippen molar-refractivity contribution < 1.29 is 4.52 Å². The molecule has 2 aromatic rings. The SMILES string of the molecule is Cc1noc(CNc2cc(C)c(Br)cn2)n1. The molecule has 84 valence electrons. The van der Waals surface area contributed by atoms with E-state index in [1.807, 2.05) is 13.0 Å². The van der Waals surface area contributed by atoms with Crippen LogP contribution in [-0.2, 0) is 6.54 Å². The van der Waals surface area contributed by atoms with E-state index < -0.39 is 0 Å². The van der Waals surface area contributed by atoms with Gasteiger partial charge in [-0.25, -0.2) is 4.98 Å². The third-order valence-corrected chi connectivity index (χ3v) is 2.87. The predicted octanol–water partition coefficient (Wildman–Crippen LogP) is 2.46. The van der Waals surface area contributed by atoms with Crippen LogP contribution in [0, 0.1) is 13.8 Å². The summed E-state index contributed by atoms with van der Waals surface area (Å²) in [5, 5.41) is 6.82. The quantitative estimate of drug-likeness (QED) is 0.937. The highest BCUT2D eigenvalue weighted by Crippen LogP contribution is 2.17. The first-order valence-corrected chi connectivity index (χ1v) is 5.59. The van der Waals surface area contributed by atoms with E-state index in [0.717, 1.165) is 15.9 Å². The van der Waals surface area contributed by atoms with E-state index in [4.69, 9.17) is 4.52 Å². The molecule has 0 unspecified atom stereocenters. The molecule has 0 aliphatic carbocycles. The number of aromatic nitrogens is 3. The average Bonchev–Trinajstić information content (AvgIpc) is 2.66. The van der Waals surface area contributed by atoms with Gasteiger partial charge in [0.1, 0.15) is 5.82 Å². The highest BCUT2D eigenvalue weighted by molar-refractivity contribution is 9.10. The van der Waals surface area contributed by atoms with Gasteiger partial charge in [0.15, 0.2) is 5.82 Å². The molecule has 0 radical (unpaired) electrons. The summed E-state index contributed by atoms with van der Waals surface area (Å²) in [7, 11) is 0. The number of anilines is 1. The fourth-order valence-electron chi connectivity index (χ4n) is 1.21. The van der Waals surface area contributed by atoms with Crippen molar-refractivity contribution in [1.29, 1.82) is 0 Å². The minimum absolute atomic E-state index is 0.481. The van der Waals surface area contributed by atoms with E-state index in [2.05, 4.69) is 36.4 Å². The van der Waals surface area contributed by atoms with Gasteiger partial charge in [0.05, 0.1) is 6.54 Å². The molecule has 0 saturated carbocycles. The van der Waals surface area contributed by atoms with Gasteiger partial charge < -0.3 is 9.84 Å². The smallest absolute Gasteiger partial charge is 0.245 e. The van der Waals surface area contributed by atoms with Crippen molar-refractivity contribution in [3.05, 3.63) is 34.0 Å². The van der Waals surface area contributed by atoms with E-state index in [1.165, 1.54) is 0 Å². The first-order valence-electron chi connectivity index (χ1n) is 4.80. The van der Waals surface area contributed by atoms with Gasteiger partial charge in [0, 0.05) is 10.7 Å². The van der Waals surface area contributed by atoms with Crippen LogP contribution in [0.5, 0.6) is 0 Å². The van der Waals surface area contributed by atoms with Gasteiger partial charge in [-0.1, -0.05) is 5.16 Å². The topological polar surface area (TPSA) is 63.8 Å². The maximum absolute atomic E-state index is 4.98. The van der Waals surface area contributed by atoms with Crippen LogP contribution in [0.2, 0.25) is 0 Å². The second-order valence-corrected chi connectivity index (χ2v) is 4.26. The Labute approximate surface area is 101 Å². The molecule has 0 aliphatic rings. The number of hydrogen-bond donors (Lipinski definition) is 1. The summed E-state index contributed by atoms with van der Waals surface area (Å²) in [6.45, 7) is 4.28. The van der Waals surface area contributed by atoms with Crippen LogP contribution in [0.3, 0.4) is 0 Å². The van der Waals surface area contributed by atoms with Crippen LogP contribution in [0.15, 0.2) is 21.3 Å². The van der Waals surface area contributed by atoms with Gasteiger partial charge in [-0.2, -0.15) is 4.98 Å². The number of nitrogens with one attached hydrogen (secondary N) is 1. The van der Waals surface area contributed by atoms with Crippen LogP contribution in [0.1, 0.15) is 17.3 Å². The minimum Gasteiger partial charge on any atom is -0.361 e. The Morgan fingerprint density at radius 1 is 1.44 bits per heavy atom. The number of aryl methyl sites for hydroxylation is 2. The molecule has 0 amide bonds. The van der Waals surface area contributed by atoms with Crippen molar-refractivity contribution >= 4 is 21.7 Å². The van der Waals surface area contributed by atoms with Crippen LogP contribution < -0.4 is 5.32 Å². The lowest BCUT2D eigenvalue weighted by molar-refractivity contribution is 0.379. The third-order valence-electron chi connectivity index (χ3n) is 2.04. The fraction of sp³-hybridized carbons (Fsp3) is 0.300. The van der Waals surface area contributed by atoms with E-state index >= 15 is 0 Å². The van der Waals surface area contributed by atoms with Gasteiger partial charge in [-0.05, 0) is 41.4 Å². The second kappa shape index (κ2) is 4.61. The van der Waals surface area contributed by atoms with Gasteiger partial charge in [-0.15, -0.1) is 0 Å². The maximum Gasteiger partial charge on any atom is 0.245 e. The van der Waals surface area contributed by atoms with Crippen LogP contribution in [0.25, 0.3) is 0 Å². The number of rotatable bonds is 3. The summed E-state index contributed by atoms with van der Waals surface area (Å²) in [5.41, 5.74) is 1.12. The maximum atomic E-state index is 4.98. The summed E-state index contributed by atoms with van der Waals surface area (Å²) in [4.78, 5) is 8.30. The zero-order valence-corrected chi connectivity index (χ0v) is 10.6. The Bertz CT molecular complexity index is 497. The first-order chi connectivity index (χ1) is 7.65. The molecular formula is C10H11BrN4O. The molecular weight excluding hydrogens is 272 g/mol. The van der Waals surface area contributed by atoms with Gasteiger partial charge in [0.25, 0.3) is 0 Å². The Morgan fingerprint density at radius 2 is 2.25 bits per heavy atom. The molecule has 0 bridgehead atoms. The van der Waals surface area contributed by atoms with Crippen molar-refractivity contribution in [3.63, 3.8) is 0 Å². The van der Waals surface area contributed by atoms with Crippen molar-refractivity contribution in [2.24, 2.45) is 0 Å². The number of halogens is 1. The molecule has 1 N–H and O–H groups in total. The van der Waals surface area contributed by atoms with Crippen LogP contribution in [0.4, 0.5) is 5.82 Å². The summed E-state index contributed by atoms with van der Waals surface area (Å²) in [5.74, 6) is 1.98. The highest BCUT2D eigenvalue weighted by Gasteiger charge is 2.03. The van der Waals surface area contributed by atoms with E-state index in [1.54, 1.807) is 13.1 Å². The summed E-state index contributed by atoms with van der Waals surface area (Å²) >= 11 is 3.40. The van der Waals surface area contributed by atoms with Crippen LogP contribution in [-0.4, -0.2) is 15.1 Å². The normalized spacial score (nSPS) is 10.4. The molecule has 2 aromatic heterocycles. The molecule has 6 heteroatoms. The first kappa shape index (κ1) is 11.1. The van der Waals surface area contributed by atoms with E-state index in [9.17, 15) is 0 Å². The largest absolute Gasteiger partial charge is 0.361 e. The molecule has 5 nitrogen and oxygen atoms in total. The Morgan fingerprint density at radius 3 is 2.88 bits per heavy atom. The third kappa shape index (κ3) is 2.57. The summed E-state index contributed by atoms with van der Waals surface area (Å²) < 4.78 is 5.97. The lowest BCUT2D eigenvalue weighted by atomic mass is 10.3. The van der Waals surface area contributed by atoms with Crippen molar-refractivity contribution in [2.45, 2.75) is 20.4 Å². The Balaban J connectivity index is 2.02. The van der Waals surface area contributed by atoms with Crippen molar-refractivity contribution in [2.75, 3.05) is 5.32 Å². The molecule has 0 fully saturated rings. The van der Waals surface area contributed by atoms with E-state index in [-0.39, 0.29) is 0 Å². The molecule has 0 aliphatic heterocycles. The van der Waals surface area contributed by atoms with E-state index in [0.29, 0.717) is 18.3 Å².